The summed E-state index contributed by atoms with van der Waals surface area (Å²) in [6.07, 6.45) is 1.55. The van der Waals surface area contributed by atoms with Crippen molar-refractivity contribution < 1.29 is 9.59 Å². The van der Waals surface area contributed by atoms with E-state index in [0.29, 0.717) is 23.2 Å². The number of halogens is 1. The van der Waals surface area contributed by atoms with Gasteiger partial charge < -0.3 is 4.90 Å². The number of hydrogen-bond donors (Lipinski definition) is 1. The van der Waals surface area contributed by atoms with E-state index in [4.69, 9.17) is 16.6 Å². The maximum Gasteiger partial charge on any atom is 0.315 e. The number of nitrogens with one attached hydrogen (secondary N) is 1. The van der Waals surface area contributed by atoms with Crippen LogP contribution in [0.5, 0.6) is 0 Å². The van der Waals surface area contributed by atoms with Crippen molar-refractivity contribution in [1.82, 2.24) is 14.9 Å². The molecule has 0 atom stereocenters. The first-order valence-electron chi connectivity index (χ1n) is 12.1. The van der Waals surface area contributed by atoms with E-state index in [1.54, 1.807) is 16.2 Å². The fourth-order valence-electron chi connectivity index (χ4n) is 4.49. The molecule has 3 heterocycles. The van der Waals surface area contributed by atoms with Crippen LogP contribution < -0.4 is 5.32 Å². The maximum absolute atomic E-state index is 12.9. The van der Waals surface area contributed by atoms with Crippen molar-refractivity contribution in [1.29, 1.82) is 0 Å². The molecule has 5 rings (SSSR count). The van der Waals surface area contributed by atoms with E-state index in [1.165, 1.54) is 11.3 Å². The molecule has 1 fully saturated rings. The van der Waals surface area contributed by atoms with Crippen molar-refractivity contribution in [3.8, 4) is 10.6 Å². The predicted octanol–water partition coefficient (Wildman–Crippen LogP) is 6.59. The van der Waals surface area contributed by atoms with E-state index in [1.807, 2.05) is 47.8 Å². The second-order valence-electron chi connectivity index (χ2n) is 9.63. The molecule has 4 aromatic rings. The SMILES string of the molecule is CC(C)(c1ccccc1)c1csc(NC(=O)C(=O)N2CCC(c3csc(-c4ccc(Cl)cc4)n3)CC2)n1. The molecule has 0 spiro atoms. The quantitative estimate of drug-likeness (QED) is 0.284. The Morgan fingerprint density at radius 2 is 1.68 bits per heavy atom. The zero-order valence-electron chi connectivity index (χ0n) is 20.6. The van der Waals surface area contributed by atoms with Crippen LogP contribution in [0.1, 0.15) is 49.6 Å². The van der Waals surface area contributed by atoms with Crippen LogP contribution in [0.2, 0.25) is 5.02 Å². The number of benzene rings is 2. The fraction of sp³-hybridized carbons (Fsp3) is 0.286. The Balaban J connectivity index is 1.16. The lowest BCUT2D eigenvalue weighted by Gasteiger charge is -2.30. The molecule has 6 nitrogen and oxygen atoms in total. The molecule has 0 unspecified atom stereocenters. The topological polar surface area (TPSA) is 75.2 Å². The summed E-state index contributed by atoms with van der Waals surface area (Å²) in [4.78, 5) is 36.6. The second kappa shape index (κ2) is 10.7. The van der Waals surface area contributed by atoms with Gasteiger partial charge in [-0.1, -0.05) is 67.9 Å². The van der Waals surface area contributed by atoms with Gasteiger partial charge in [-0.25, -0.2) is 9.97 Å². The molecular formula is C28H27ClN4O2S2. The number of thiazole rings is 2. The zero-order valence-corrected chi connectivity index (χ0v) is 23.0. The molecule has 1 N–H and O–H groups in total. The number of rotatable bonds is 5. The Labute approximate surface area is 229 Å². The van der Waals surface area contributed by atoms with Crippen molar-refractivity contribution in [3.63, 3.8) is 0 Å². The Morgan fingerprint density at radius 1 is 0.973 bits per heavy atom. The molecule has 1 aliphatic heterocycles. The molecule has 0 radical (unpaired) electrons. The summed E-state index contributed by atoms with van der Waals surface area (Å²) in [7, 11) is 0. The van der Waals surface area contributed by atoms with Crippen molar-refractivity contribution in [3.05, 3.63) is 87.3 Å². The number of aromatic nitrogens is 2. The molecule has 0 bridgehead atoms. The normalized spacial score (nSPS) is 14.5. The van der Waals surface area contributed by atoms with E-state index >= 15 is 0 Å². The largest absolute Gasteiger partial charge is 0.334 e. The third-order valence-electron chi connectivity index (χ3n) is 6.87. The summed E-state index contributed by atoms with van der Waals surface area (Å²) in [6, 6.07) is 17.8. The van der Waals surface area contributed by atoms with E-state index in [0.717, 1.165) is 40.4 Å². The van der Waals surface area contributed by atoms with Crippen LogP contribution in [0.3, 0.4) is 0 Å². The summed E-state index contributed by atoms with van der Waals surface area (Å²) in [6.45, 7) is 5.24. The van der Waals surface area contributed by atoms with Crippen LogP contribution in [0, 0.1) is 0 Å². The van der Waals surface area contributed by atoms with E-state index in [9.17, 15) is 9.59 Å². The van der Waals surface area contributed by atoms with Crippen molar-refractivity contribution in [2.24, 2.45) is 0 Å². The lowest BCUT2D eigenvalue weighted by Crippen LogP contribution is -2.43. The minimum Gasteiger partial charge on any atom is -0.334 e. The van der Waals surface area contributed by atoms with Gasteiger partial charge in [-0.3, -0.25) is 14.9 Å². The van der Waals surface area contributed by atoms with E-state index in [2.05, 4.69) is 41.7 Å². The minimum absolute atomic E-state index is 0.270. The van der Waals surface area contributed by atoms with Crippen LogP contribution in [0.4, 0.5) is 5.13 Å². The van der Waals surface area contributed by atoms with Gasteiger partial charge >= 0.3 is 11.8 Å². The van der Waals surface area contributed by atoms with Gasteiger partial charge in [-0.15, -0.1) is 22.7 Å². The Morgan fingerprint density at radius 3 is 2.38 bits per heavy atom. The summed E-state index contributed by atoms with van der Waals surface area (Å²) in [5.41, 5.74) is 3.77. The third kappa shape index (κ3) is 5.61. The van der Waals surface area contributed by atoms with Gasteiger partial charge in [0.05, 0.1) is 11.4 Å². The number of anilines is 1. The molecule has 1 saturated heterocycles. The van der Waals surface area contributed by atoms with E-state index < -0.39 is 11.8 Å². The van der Waals surface area contributed by atoms with Crippen LogP contribution in [-0.2, 0) is 15.0 Å². The Bertz CT molecular complexity index is 1390. The fourth-order valence-corrected chi connectivity index (χ4v) is 6.40. The first-order valence-corrected chi connectivity index (χ1v) is 14.3. The first kappa shape index (κ1) is 25.6. The van der Waals surface area contributed by atoms with Gasteiger partial charge in [0.15, 0.2) is 5.13 Å². The summed E-state index contributed by atoms with van der Waals surface area (Å²) >= 11 is 8.94. The number of piperidine rings is 1. The lowest BCUT2D eigenvalue weighted by atomic mass is 9.82. The molecular weight excluding hydrogens is 524 g/mol. The van der Waals surface area contributed by atoms with Crippen LogP contribution >= 0.6 is 34.3 Å². The highest BCUT2D eigenvalue weighted by Gasteiger charge is 2.30. The van der Waals surface area contributed by atoms with Crippen molar-refractivity contribution in [2.45, 2.75) is 38.0 Å². The van der Waals surface area contributed by atoms with E-state index in [-0.39, 0.29) is 11.3 Å². The number of hydrogen-bond acceptors (Lipinski definition) is 6. The summed E-state index contributed by atoms with van der Waals surface area (Å²) < 4.78 is 0. The van der Waals surface area contributed by atoms with Gasteiger partial charge in [-0.05, 0) is 30.5 Å². The van der Waals surface area contributed by atoms with Crippen molar-refractivity contribution >= 4 is 51.2 Å². The standard InChI is InChI=1S/C28H27ClN4O2S2/c1-28(2,20-6-4-3-5-7-20)23-17-37-27(31-23)32-24(34)26(35)33-14-12-18(13-15-33)22-16-36-25(30-22)19-8-10-21(29)11-9-19/h3-11,16-18H,12-15H2,1-2H3,(H,31,32,34). The van der Waals surface area contributed by atoms with Crippen LogP contribution in [0.25, 0.3) is 10.6 Å². The van der Waals surface area contributed by atoms with Crippen molar-refractivity contribution in [2.75, 3.05) is 18.4 Å². The molecule has 0 saturated carbocycles. The zero-order chi connectivity index (χ0) is 26.0. The molecule has 37 heavy (non-hydrogen) atoms. The first-order chi connectivity index (χ1) is 17.8. The van der Waals surface area contributed by atoms with Gasteiger partial charge in [-0.2, -0.15) is 0 Å². The average molecular weight is 551 g/mol. The van der Waals surface area contributed by atoms with Crippen LogP contribution in [0.15, 0.2) is 65.4 Å². The maximum atomic E-state index is 12.9. The molecule has 0 aliphatic carbocycles. The van der Waals surface area contributed by atoms with Gasteiger partial charge in [0.2, 0.25) is 0 Å². The highest BCUT2D eigenvalue weighted by Crippen LogP contribution is 2.34. The molecule has 2 aromatic carbocycles. The molecule has 2 amide bonds. The van der Waals surface area contributed by atoms with Gasteiger partial charge in [0.25, 0.3) is 0 Å². The Hall–Kier alpha value is -3.07. The number of likely N-dealkylation sites (tertiary alicyclic amines) is 1. The monoisotopic (exact) mass is 550 g/mol. The molecule has 2 aromatic heterocycles. The second-order valence-corrected chi connectivity index (χ2v) is 11.8. The highest BCUT2D eigenvalue weighted by molar-refractivity contribution is 7.14. The lowest BCUT2D eigenvalue weighted by molar-refractivity contribution is -0.143. The summed E-state index contributed by atoms with van der Waals surface area (Å²) in [5, 5.41) is 8.83. The van der Waals surface area contributed by atoms with Crippen LogP contribution in [-0.4, -0.2) is 39.8 Å². The Kier molecular flexibility index (Phi) is 7.42. The highest BCUT2D eigenvalue weighted by atomic mass is 35.5. The molecule has 190 valence electrons. The number of carbonyl (C=O) groups excluding carboxylic acids is 2. The number of nitrogens with zero attached hydrogens (tertiary/aromatic N) is 3. The molecule has 1 aliphatic rings. The number of carbonyl (C=O) groups is 2. The third-order valence-corrected chi connectivity index (χ3v) is 8.79. The molecule has 9 heteroatoms. The minimum atomic E-state index is -0.643. The van der Waals surface area contributed by atoms with Gasteiger partial charge in [0, 0.05) is 45.8 Å². The predicted molar refractivity (Wildman–Crippen MR) is 150 cm³/mol. The van der Waals surface area contributed by atoms with Gasteiger partial charge in [0.1, 0.15) is 5.01 Å². The summed E-state index contributed by atoms with van der Waals surface area (Å²) in [5.74, 6) is -0.889. The average Bonchev–Trinajstić information content (AvgIpc) is 3.60. The number of amides is 2. The smallest absolute Gasteiger partial charge is 0.315 e.